The minimum atomic E-state index is -0.863. The predicted molar refractivity (Wildman–Crippen MR) is 79.6 cm³/mol. The zero-order chi connectivity index (χ0) is 14.9. The summed E-state index contributed by atoms with van der Waals surface area (Å²) in [5, 5.41) is 9.67. The van der Waals surface area contributed by atoms with Gasteiger partial charge in [0.05, 0.1) is 18.6 Å². The molecule has 20 heavy (non-hydrogen) atoms. The van der Waals surface area contributed by atoms with E-state index >= 15 is 0 Å². The second kappa shape index (κ2) is 5.64. The third-order valence-electron chi connectivity index (χ3n) is 3.74. The highest BCUT2D eigenvalue weighted by atomic mass is 79.9. The van der Waals surface area contributed by atoms with Crippen LogP contribution in [0, 0.1) is 0 Å². The number of methoxy groups -OCH3 is 1. The van der Waals surface area contributed by atoms with Crippen molar-refractivity contribution in [1.82, 2.24) is 0 Å². The molecule has 2 rings (SSSR count). The van der Waals surface area contributed by atoms with Crippen molar-refractivity contribution in [2.75, 3.05) is 7.11 Å². The maximum atomic E-state index is 11.8. The number of carboxylic acids is 1. The van der Waals surface area contributed by atoms with Gasteiger partial charge in [-0.05, 0) is 38.8 Å². The van der Waals surface area contributed by atoms with Crippen LogP contribution in [0.15, 0.2) is 16.6 Å². The molecule has 0 aliphatic heterocycles. The van der Waals surface area contributed by atoms with E-state index in [0.717, 1.165) is 10.9 Å². The van der Waals surface area contributed by atoms with Crippen molar-refractivity contribution in [1.29, 1.82) is 0 Å². The first-order valence-electron chi connectivity index (χ1n) is 6.69. The molecule has 110 valence electrons. The van der Waals surface area contributed by atoms with Gasteiger partial charge >= 0.3 is 5.97 Å². The van der Waals surface area contributed by atoms with E-state index in [1.54, 1.807) is 13.2 Å². The highest BCUT2D eigenvalue weighted by Gasteiger charge is 2.49. The van der Waals surface area contributed by atoms with Gasteiger partial charge in [0.25, 0.3) is 0 Å². The average Bonchev–Trinajstić information content (AvgIpc) is 2.30. The molecule has 0 bridgehead atoms. The molecule has 1 aromatic rings. The lowest BCUT2D eigenvalue weighted by molar-refractivity contribution is -0.147. The van der Waals surface area contributed by atoms with Gasteiger partial charge in [-0.1, -0.05) is 22.4 Å². The summed E-state index contributed by atoms with van der Waals surface area (Å²) in [6.07, 6.45) is 2.12. The van der Waals surface area contributed by atoms with Crippen molar-refractivity contribution in [3.05, 3.63) is 22.2 Å². The van der Waals surface area contributed by atoms with E-state index in [1.807, 2.05) is 19.9 Å². The number of aliphatic carboxylic acids is 1. The quantitative estimate of drug-likeness (QED) is 0.885. The Morgan fingerprint density at radius 1 is 1.40 bits per heavy atom. The third-order valence-corrected chi connectivity index (χ3v) is 4.40. The molecule has 0 heterocycles. The fourth-order valence-corrected chi connectivity index (χ4v) is 3.29. The monoisotopic (exact) mass is 342 g/mol. The van der Waals surface area contributed by atoms with Crippen LogP contribution in [0.2, 0.25) is 0 Å². The number of benzene rings is 1. The zero-order valence-electron chi connectivity index (χ0n) is 11.9. The van der Waals surface area contributed by atoms with Gasteiger partial charge in [0.2, 0.25) is 0 Å². The fraction of sp³-hybridized carbons (Fsp3) is 0.533. The number of ether oxygens (including phenoxy) is 2. The van der Waals surface area contributed by atoms with Crippen molar-refractivity contribution in [3.63, 3.8) is 0 Å². The molecule has 0 atom stereocenters. The summed E-state index contributed by atoms with van der Waals surface area (Å²) < 4.78 is 12.0. The van der Waals surface area contributed by atoms with Crippen LogP contribution in [0.25, 0.3) is 0 Å². The molecule has 1 fully saturated rings. The van der Waals surface area contributed by atoms with Gasteiger partial charge in [-0.15, -0.1) is 0 Å². The van der Waals surface area contributed by atoms with Crippen LogP contribution in [0.4, 0.5) is 0 Å². The van der Waals surface area contributed by atoms with Crippen LogP contribution in [-0.4, -0.2) is 24.3 Å². The van der Waals surface area contributed by atoms with E-state index in [-0.39, 0.29) is 6.10 Å². The Morgan fingerprint density at radius 3 is 2.45 bits per heavy atom. The molecule has 1 aliphatic rings. The minimum absolute atomic E-state index is 0.0529. The van der Waals surface area contributed by atoms with Crippen molar-refractivity contribution in [2.24, 2.45) is 0 Å². The van der Waals surface area contributed by atoms with Gasteiger partial charge < -0.3 is 14.6 Å². The van der Waals surface area contributed by atoms with Gasteiger partial charge in [0, 0.05) is 10.0 Å². The van der Waals surface area contributed by atoms with Crippen LogP contribution in [0.3, 0.4) is 0 Å². The van der Waals surface area contributed by atoms with Gasteiger partial charge in [-0.2, -0.15) is 0 Å². The molecule has 0 aromatic heterocycles. The summed E-state index contributed by atoms with van der Waals surface area (Å²) >= 11 is 3.48. The van der Waals surface area contributed by atoms with Crippen molar-refractivity contribution in [2.45, 2.75) is 44.6 Å². The lowest BCUT2D eigenvalue weighted by Gasteiger charge is -2.40. The topological polar surface area (TPSA) is 55.8 Å². The summed E-state index contributed by atoms with van der Waals surface area (Å²) in [5.41, 5.74) is -0.165. The zero-order valence-corrected chi connectivity index (χ0v) is 13.5. The van der Waals surface area contributed by atoms with Crippen LogP contribution in [-0.2, 0) is 10.2 Å². The molecule has 1 saturated carbocycles. The van der Waals surface area contributed by atoms with Crippen molar-refractivity contribution < 1.29 is 19.4 Å². The molecule has 0 saturated heterocycles. The second-order valence-corrected chi connectivity index (χ2v) is 6.22. The SMILES string of the molecule is COc1ccc(Br)c(C2(C(=O)O)CCC2)c1OC(C)C. The fourth-order valence-electron chi connectivity index (χ4n) is 2.60. The molecule has 1 aliphatic carbocycles. The lowest BCUT2D eigenvalue weighted by atomic mass is 9.64. The average molecular weight is 343 g/mol. The lowest BCUT2D eigenvalue weighted by Crippen LogP contribution is -2.43. The molecule has 1 aromatic carbocycles. The van der Waals surface area contributed by atoms with E-state index in [4.69, 9.17) is 9.47 Å². The molecule has 0 radical (unpaired) electrons. The first-order chi connectivity index (χ1) is 9.42. The van der Waals surface area contributed by atoms with Gasteiger partial charge in [0.1, 0.15) is 0 Å². The first kappa shape index (κ1) is 15.2. The van der Waals surface area contributed by atoms with E-state index in [9.17, 15) is 9.90 Å². The molecule has 1 N–H and O–H groups in total. The summed E-state index contributed by atoms with van der Waals surface area (Å²) in [7, 11) is 1.56. The predicted octanol–water partition coefficient (Wildman–Crippen LogP) is 3.75. The number of hydrogen-bond acceptors (Lipinski definition) is 3. The largest absolute Gasteiger partial charge is 0.493 e. The highest BCUT2D eigenvalue weighted by molar-refractivity contribution is 9.10. The first-order valence-corrected chi connectivity index (χ1v) is 7.48. The third kappa shape index (κ3) is 2.39. The normalized spacial score (nSPS) is 16.6. The Balaban J connectivity index is 2.63. The van der Waals surface area contributed by atoms with Crippen molar-refractivity contribution in [3.8, 4) is 11.5 Å². The maximum absolute atomic E-state index is 11.8. The summed E-state index contributed by atoms with van der Waals surface area (Å²) in [6.45, 7) is 3.83. The number of halogens is 1. The smallest absolute Gasteiger partial charge is 0.314 e. The summed E-state index contributed by atoms with van der Waals surface area (Å²) in [6, 6.07) is 3.61. The molecule has 0 spiro atoms. The maximum Gasteiger partial charge on any atom is 0.314 e. The number of rotatable bonds is 5. The molecular weight excluding hydrogens is 324 g/mol. The van der Waals surface area contributed by atoms with Crippen molar-refractivity contribution >= 4 is 21.9 Å². The Morgan fingerprint density at radius 2 is 2.05 bits per heavy atom. The standard InChI is InChI=1S/C15H19BrO4/c1-9(2)20-13-11(19-3)6-5-10(16)12(13)15(14(17)18)7-4-8-15/h5-6,9H,4,7-8H2,1-3H3,(H,17,18). The van der Waals surface area contributed by atoms with E-state index < -0.39 is 11.4 Å². The highest BCUT2D eigenvalue weighted by Crippen LogP contribution is 2.52. The second-order valence-electron chi connectivity index (χ2n) is 5.36. The van der Waals surface area contributed by atoms with Gasteiger partial charge in [-0.3, -0.25) is 4.79 Å². The molecule has 4 nitrogen and oxygen atoms in total. The van der Waals surface area contributed by atoms with E-state index in [1.165, 1.54) is 0 Å². The number of carbonyl (C=O) groups is 1. The van der Waals surface area contributed by atoms with Crippen LogP contribution in [0.1, 0.15) is 38.7 Å². The molecule has 0 amide bonds. The van der Waals surface area contributed by atoms with Crippen LogP contribution < -0.4 is 9.47 Å². The van der Waals surface area contributed by atoms with Gasteiger partial charge in [-0.25, -0.2) is 0 Å². The Bertz CT molecular complexity index is 521. The van der Waals surface area contributed by atoms with Crippen LogP contribution in [0.5, 0.6) is 11.5 Å². The summed E-state index contributed by atoms with van der Waals surface area (Å²) in [4.78, 5) is 11.8. The van der Waals surface area contributed by atoms with Gasteiger partial charge in [0.15, 0.2) is 11.5 Å². The number of carboxylic acid groups (broad SMARTS) is 1. The number of hydrogen-bond donors (Lipinski definition) is 1. The van der Waals surface area contributed by atoms with E-state index in [2.05, 4.69) is 15.9 Å². The Hall–Kier alpha value is -1.23. The molecule has 5 heteroatoms. The molecule has 0 unspecified atom stereocenters. The minimum Gasteiger partial charge on any atom is -0.493 e. The molecular formula is C15H19BrO4. The van der Waals surface area contributed by atoms with Crippen LogP contribution >= 0.6 is 15.9 Å². The summed E-state index contributed by atoms with van der Waals surface area (Å²) in [5.74, 6) is 0.315. The van der Waals surface area contributed by atoms with E-state index in [0.29, 0.717) is 29.9 Å². The Kier molecular flexibility index (Phi) is 4.28. The Labute approximate surface area is 127 Å².